The number of hydrogen-bond donors (Lipinski definition) is 12. The average Bonchev–Trinajstić information content (AvgIpc) is 0.771. The molecule has 137 heavy (non-hydrogen) atoms. The standard InChI is InChI=1S/C92H154N2O41P2/c1-5-9-13-17-21-25-29-33-37-41-63(125-78(110)52-46-72(99)100)57-69(95)93-85-90(133-84(116)60-66(128-81(113)55-49-75(105)106)44-40-36-32-28-24-20-16-12-8-4)88(134-136(117,118)119)68(61-123-77(109)51-45-71(97)98)129-91(85)124-62-67-87(131-82(114)56-50-76(107)108)89(132-83(115)59-65(127-80(112)54-48-74(103)104)43-39-35-31-27-23-19-15-11-7-3)86(92(130-67)135-137(120,121)122)94-70(96)58-64(126-79(111)53-47-73(101)102)42-38-34-30-26-22-18-14-10-6-2/h63-68,85-92H,5-62H2,1-4H3,(H,93,95)(H,94,96)(H,97,98)(H,99,100)(H,101,102)(H,103,104)(H,105,106)(H,107,108)(H2,117,118,119)(H2,120,121,122)/t63?,64?,65?,66?,67-,68-,85-,86-,87-,88-,89-,90-,91-,92-/m1/s1. The van der Waals surface area contributed by atoms with Crippen LogP contribution >= 0.6 is 15.6 Å². The number of carboxylic acids is 6. The Bertz CT molecular complexity index is 3690. The summed E-state index contributed by atoms with van der Waals surface area (Å²) in [5, 5.41) is 62.5. The Hall–Kier alpha value is -8.38. The number of phosphoric ester groups is 2. The number of esters is 8. The van der Waals surface area contributed by atoms with Crippen molar-refractivity contribution in [3.05, 3.63) is 0 Å². The zero-order valence-corrected chi connectivity index (χ0v) is 81.9. The van der Waals surface area contributed by atoms with Crippen LogP contribution in [-0.2, 0) is 147 Å². The number of carboxylic acid groups (broad SMARTS) is 6. The summed E-state index contributed by atoms with van der Waals surface area (Å²) in [4.78, 5) is 257. The van der Waals surface area contributed by atoms with Crippen molar-refractivity contribution in [1.29, 1.82) is 0 Å². The summed E-state index contributed by atoms with van der Waals surface area (Å²) in [5.74, 6) is -21.4. The first-order valence-electron chi connectivity index (χ1n) is 49.0. The van der Waals surface area contributed by atoms with Crippen molar-refractivity contribution in [3.8, 4) is 0 Å². The summed E-state index contributed by atoms with van der Waals surface area (Å²) in [7, 11) is -12.2. The van der Waals surface area contributed by atoms with Gasteiger partial charge in [0.15, 0.2) is 30.9 Å². The highest BCUT2D eigenvalue weighted by Gasteiger charge is 2.57. The number of rotatable bonds is 84. The molecule has 2 aliphatic rings. The van der Waals surface area contributed by atoms with E-state index in [9.17, 15) is 117 Å². The fourth-order valence-electron chi connectivity index (χ4n) is 15.6. The molecule has 0 aromatic carbocycles. The number of ether oxygens (including phenoxy) is 11. The SMILES string of the molecule is CCCCCCCCCCCC(CC(=O)N[C@H]1[C@@H](OP(=O)(O)O)O[C@H](CO[C@@H]2O[C@H](COC(=O)CCC(=O)O)[C@@H](OP(=O)(O)O)[C@H](OC(=O)CC(CCCCCCCCCCC)OC(=O)CCC(=O)O)[C@H]2NC(=O)CC(CCCCCCCCCCC)OC(=O)CCC(=O)O)[C@@H](OC(=O)CCC(=O)O)[C@@H]1OC(=O)CC(CCCCCCCCCCC)OC(=O)CCC(=O)O)OC(=O)CCC(=O)O. The molecule has 0 aliphatic carbocycles. The highest BCUT2D eigenvalue weighted by atomic mass is 31.2. The molecule has 0 radical (unpaired) electrons. The van der Waals surface area contributed by atoms with Crippen LogP contribution in [0.1, 0.15) is 387 Å². The molecule has 14 atom stereocenters. The van der Waals surface area contributed by atoms with E-state index in [1.54, 1.807) is 0 Å². The molecule has 43 nitrogen and oxygen atoms in total. The number of carbonyl (C=O) groups excluding carboxylic acids is 10. The topological polar surface area (TPSA) is 654 Å². The van der Waals surface area contributed by atoms with Crippen molar-refractivity contribution >= 4 is 111 Å². The van der Waals surface area contributed by atoms with E-state index in [4.69, 9.17) is 61.2 Å². The number of aliphatic carboxylic acids is 6. The molecule has 788 valence electrons. The molecule has 2 amide bonds. The Labute approximate surface area is 801 Å². The van der Waals surface area contributed by atoms with E-state index in [0.717, 1.165) is 154 Å². The van der Waals surface area contributed by atoms with E-state index in [1.807, 2.05) is 0 Å². The first kappa shape index (κ1) is 125. The molecule has 12 N–H and O–H groups in total. The largest absolute Gasteiger partial charge is 0.481 e. The van der Waals surface area contributed by atoms with Gasteiger partial charge in [0, 0.05) is 0 Å². The molecule has 2 fully saturated rings. The predicted molar refractivity (Wildman–Crippen MR) is 484 cm³/mol. The summed E-state index contributed by atoms with van der Waals surface area (Å²) in [6.45, 7) is 5.52. The van der Waals surface area contributed by atoms with Gasteiger partial charge in [0.25, 0.3) is 0 Å². The third-order valence-electron chi connectivity index (χ3n) is 22.7. The predicted octanol–water partition coefficient (Wildman–Crippen LogP) is 13.4. The second-order valence-corrected chi connectivity index (χ2v) is 37.3. The van der Waals surface area contributed by atoms with Gasteiger partial charge in [-0.3, -0.25) is 85.8 Å². The lowest BCUT2D eigenvalue weighted by Gasteiger charge is -2.47. The van der Waals surface area contributed by atoms with Gasteiger partial charge in [-0.15, -0.1) is 0 Å². The van der Waals surface area contributed by atoms with Gasteiger partial charge in [-0.2, -0.15) is 0 Å². The van der Waals surface area contributed by atoms with E-state index < -0.39 is 313 Å². The van der Waals surface area contributed by atoms with E-state index in [-0.39, 0.29) is 44.9 Å². The van der Waals surface area contributed by atoms with Gasteiger partial charge in [-0.25, -0.2) is 9.13 Å². The van der Waals surface area contributed by atoms with E-state index >= 15 is 19.2 Å². The van der Waals surface area contributed by atoms with Crippen LogP contribution in [0.3, 0.4) is 0 Å². The van der Waals surface area contributed by atoms with Crippen LogP contribution in [-0.4, -0.2) is 245 Å². The Morgan fingerprint density at radius 1 is 0.277 bits per heavy atom. The fourth-order valence-corrected chi connectivity index (χ4v) is 16.6. The summed E-state index contributed by atoms with van der Waals surface area (Å²) < 4.78 is 103. The van der Waals surface area contributed by atoms with Crippen LogP contribution in [0, 0.1) is 0 Å². The zero-order valence-electron chi connectivity index (χ0n) is 80.1. The number of amides is 2. The molecular weight excluding hydrogens is 1850 g/mol. The molecule has 0 aromatic rings. The normalized spacial score (nSPS) is 19.1. The summed E-state index contributed by atoms with van der Waals surface area (Å²) in [5.41, 5.74) is 0. The van der Waals surface area contributed by atoms with Crippen LogP contribution in [0.4, 0.5) is 0 Å². The Morgan fingerprint density at radius 3 is 0.825 bits per heavy atom. The highest BCUT2D eigenvalue weighted by molar-refractivity contribution is 7.46. The van der Waals surface area contributed by atoms with Gasteiger partial charge in [0.05, 0.1) is 109 Å². The molecular formula is C92H154N2O41P2. The molecule has 2 rings (SSSR count). The lowest BCUT2D eigenvalue weighted by molar-refractivity contribution is -0.298. The lowest BCUT2D eigenvalue weighted by Crippen LogP contribution is -2.68. The number of hydrogen-bond acceptors (Lipinski definition) is 31. The third kappa shape index (κ3) is 63.8. The minimum absolute atomic E-state index is 0.0722. The van der Waals surface area contributed by atoms with Gasteiger partial charge < -0.3 is 113 Å². The first-order chi connectivity index (χ1) is 65.1. The molecule has 0 spiro atoms. The summed E-state index contributed by atoms with van der Waals surface area (Å²) in [6.07, 6.45) is -11.2. The molecule has 0 aromatic heterocycles. The molecule has 0 bridgehead atoms. The van der Waals surface area contributed by atoms with E-state index in [2.05, 4.69) is 38.3 Å². The van der Waals surface area contributed by atoms with Crippen LogP contribution < -0.4 is 10.6 Å². The van der Waals surface area contributed by atoms with Crippen molar-refractivity contribution in [1.82, 2.24) is 10.6 Å². The minimum Gasteiger partial charge on any atom is -0.481 e. The minimum atomic E-state index is -6.12. The van der Waals surface area contributed by atoms with Crippen molar-refractivity contribution in [2.24, 2.45) is 0 Å². The lowest BCUT2D eigenvalue weighted by atomic mass is 9.94. The number of unbranched alkanes of at least 4 members (excludes halogenated alkanes) is 32. The number of nitrogens with one attached hydrogen (secondary N) is 2. The van der Waals surface area contributed by atoms with Crippen LogP contribution in [0.15, 0.2) is 0 Å². The van der Waals surface area contributed by atoms with Gasteiger partial charge in [0.1, 0.15) is 61.4 Å². The van der Waals surface area contributed by atoms with Crippen LogP contribution in [0.5, 0.6) is 0 Å². The molecule has 2 saturated heterocycles. The van der Waals surface area contributed by atoms with Crippen molar-refractivity contribution < 1.29 is 197 Å². The van der Waals surface area contributed by atoms with Gasteiger partial charge in [0.2, 0.25) is 11.8 Å². The maximum Gasteiger partial charge on any atom is 0.472 e. The number of carbonyl (C=O) groups is 16. The van der Waals surface area contributed by atoms with Gasteiger partial charge in [-0.1, -0.05) is 233 Å². The quantitative estimate of drug-likeness (QED) is 0.0116. The fraction of sp³-hybridized carbons (Fsp3) is 0.826. The number of phosphoric acid groups is 2. The smallest absolute Gasteiger partial charge is 0.472 e. The van der Waals surface area contributed by atoms with Crippen LogP contribution in [0.25, 0.3) is 0 Å². The highest BCUT2D eigenvalue weighted by Crippen LogP contribution is 2.45. The van der Waals surface area contributed by atoms with Crippen molar-refractivity contribution in [2.45, 2.75) is 473 Å². The van der Waals surface area contributed by atoms with Gasteiger partial charge in [-0.05, 0) is 51.4 Å². The summed E-state index contributed by atoms with van der Waals surface area (Å²) >= 11 is 0. The van der Waals surface area contributed by atoms with E-state index in [0.29, 0.717) is 57.8 Å². The summed E-state index contributed by atoms with van der Waals surface area (Å²) in [6, 6.07) is -4.81. The van der Waals surface area contributed by atoms with Gasteiger partial charge >= 0.3 is 99.2 Å². The maximum absolute atomic E-state index is 15.3. The Balaban J connectivity index is 3.39. The second-order valence-electron chi connectivity index (χ2n) is 34.9. The maximum atomic E-state index is 15.3. The molecule has 4 unspecified atom stereocenters. The zero-order chi connectivity index (χ0) is 102. The second kappa shape index (κ2) is 73.7. The van der Waals surface area contributed by atoms with E-state index in [1.165, 1.54) is 0 Å². The monoisotopic (exact) mass is 2000 g/mol. The third-order valence-corrected chi connectivity index (χ3v) is 23.7. The Morgan fingerprint density at radius 2 is 0.526 bits per heavy atom. The first-order valence-corrected chi connectivity index (χ1v) is 52.0. The molecule has 0 saturated carbocycles. The Kier molecular flexibility index (Phi) is 67.1. The molecule has 2 heterocycles. The molecule has 2 aliphatic heterocycles. The van der Waals surface area contributed by atoms with Crippen LogP contribution in [0.2, 0.25) is 0 Å². The average molecular weight is 2010 g/mol. The van der Waals surface area contributed by atoms with Crippen molar-refractivity contribution in [2.75, 3.05) is 13.2 Å². The van der Waals surface area contributed by atoms with Crippen molar-refractivity contribution in [3.63, 3.8) is 0 Å². The molecule has 45 heteroatoms.